The molecular formula is C26H26N4O2. The SMILES string of the molecule is N/N=C(\N)CC1=CC=CC(COc2cccc(OCc3ccc4ccccc4n3)c2)C=C1. The highest BCUT2D eigenvalue weighted by Gasteiger charge is 2.07. The Bertz CT molecular complexity index is 1200. The van der Waals surface area contributed by atoms with Crippen molar-refractivity contribution in [3.63, 3.8) is 0 Å². The van der Waals surface area contributed by atoms with E-state index in [1.54, 1.807) is 0 Å². The van der Waals surface area contributed by atoms with Crippen LogP contribution in [0.25, 0.3) is 10.9 Å². The van der Waals surface area contributed by atoms with Crippen molar-refractivity contribution in [3.8, 4) is 11.5 Å². The minimum atomic E-state index is 0.145. The largest absolute Gasteiger partial charge is 0.493 e. The fraction of sp³-hybridized carbons (Fsp3) is 0.154. The van der Waals surface area contributed by atoms with Gasteiger partial charge in [0.05, 0.1) is 17.8 Å². The molecule has 0 amide bonds. The van der Waals surface area contributed by atoms with Crippen molar-refractivity contribution < 1.29 is 9.47 Å². The number of para-hydroxylation sites is 1. The number of rotatable bonds is 8. The van der Waals surface area contributed by atoms with Crippen LogP contribution in [-0.2, 0) is 6.61 Å². The van der Waals surface area contributed by atoms with Crippen LogP contribution in [0.5, 0.6) is 11.5 Å². The van der Waals surface area contributed by atoms with Crippen LogP contribution in [0.4, 0.5) is 0 Å². The third-order valence-electron chi connectivity index (χ3n) is 5.07. The number of nitrogens with two attached hydrogens (primary N) is 2. The molecule has 4 rings (SSSR count). The Hall–Kier alpha value is -4.06. The number of amidine groups is 1. The van der Waals surface area contributed by atoms with Crippen LogP contribution in [0.3, 0.4) is 0 Å². The van der Waals surface area contributed by atoms with E-state index in [0.717, 1.165) is 33.7 Å². The van der Waals surface area contributed by atoms with E-state index in [1.165, 1.54) is 0 Å². The average Bonchev–Trinajstić information content (AvgIpc) is 3.06. The molecule has 0 radical (unpaired) electrons. The van der Waals surface area contributed by atoms with Gasteiger partial charge < -0.3 is 21.1 Å². The molecule has 0 aliphatic heterocycles. The molecule has 1 aliphatic carbocycles. The summed E-state index contributed by atoms with van der Waals surface area (Å²) in [5.41, 5.74) is 8.60. The lowest BCUT2D eigenvalue weighted by Gasteiger charge is -2.12. The number of benzene rings is 2. The predicted octanol–water partition coefficient (Wildman–Crippen LogP) is 4.48. The number of hydrogen-bond acceptors (Lipinski definition) is 5. The van der Waals surface area contributed by atoms with Gasteiger partial charge in [0, 0.05) is 23.8 Å². The Morgan fingerprint density at radius 3 is 2.69 bits per heavy atom. The van der Waals surface area contributed by atoms with E-state index in [-0.39, 0.29) is 5.92 Å². The molecule has 3 aromatic rings. The van der Waals surface area contributed by atoms with Gasteiger partial charge >= 0.3 is 0 Å². The Labute approximate surface area is 187 Å². The summed E-state index contributed by atoms with van der Waals surface area (Å²) in [5.74, 6) is 7.26. The maximum Gasteiger partial charge on any atom is 0.130 e. The second-order valence-electron chi connectivity index (χ2n) is 7.52. The first-order valence-corrected chi connectivity index (χ1v) is 10.5. The van der Waals surface area contributed by atoms with E-state index in [9.17, 15) is 0 Å². The maximum atomic E-state index is 6.00. The first kappa shape index (κ1) is 21.2. The molecule has 0 bridgehead atoms. The first-order valence-electron chi connectivity index (χ1n) is 10.5. The van der Waals surface area contributed by atoms with Gasteiger partial charge in [-0.2, -0.15) is 5.10 Å². The Morgan fingerprint density at radius 2 is 1.81 bits per heavy atom. The summed E-state index contributed by atoms with van der Waals surface area (Å²) >= 11 is 0. The lowest BCUT2D eigenvalue weighted by Crippen LogP contribution is -2.14. The fourth-order valence-corrected chi connectivity index (χ4v) is 3.36. The third-order valence-corrected chi connectivity index (χ3v) is 5.07. The fourth-order valence-electron chi connectivity index (χ4n) is 3.36. The number of fused-ring (bicyclic) bond motifs is 1. The van der Waals surface area contributed by atoms with Gasteiger partial charge in [0.25, 0.3) is 0 Å². The first-order chi connectivity index (χ1) is 15.7. The van der Waals surface area contributed by atoms with Gasteiger partial charge in [0.1, 0.15) is 23.9 Å². The number of hydrazone groups is 1. The van der Waals surface area contributed by atoms with Crippen LogP contribution in [0.1, 0.15) is 12.1 Å². The Balaban J connectivity index is 1.32. The Morgan fingerprint density at radius 1 is 0.969 bits per heavy atom. The van der Waals surface area contributed by atoms with Crippen LogP contribution < -0.4 is 21.1 Å². The predicted molar refractivity (Wildman–Crippen MR) is 128 cm³/mol. The van der Waals surface area contributed by atoms with Gasteiger partial charge in [-0.15, -0.1) is 0 Å². The molecule has 6 nitrogen and oxygen atoms in total. The number of pyridine rings is 1. The summed E-state index contributed by atoms with van der Waals surface area (Å²) in [7, 11) is 0. The third kappa shape index (κ3) is 5.76. The molecule has 0 fully saturated rings. The number of ether oxygens (including phenoxy) is 2. The molecule has 1 aliphatic rings. The zero-order valence-electron chi connectivity index (χ0n) is 17.7. The van der Waals surface area contributed by atoms with Crippen molar-refractivity contribution in [1.29, 1.82) is 0 Å². The highest BCUT2D eigenvalue weighted by molar-refractivity contribution is 5.83. The van der Waals surface area contributed by atoms with Crippen LogP contribution in [0, 0.1) is 5.92 Å². The molecule has 0 saturated carbocycles. The van der Waals surface area contributed by atoms with E-state index < -0.39 is 0 Å². The summed E-state index contributed by atoms with van der Waals surface area (Å²) in [6.45, 7) is 0.913. The summed E-state index contributed by atoms with van der Waals surface area (Å²) in [6.07, 6.45) is 10.7. The van der Waals surface area contributed by atoms with Crippen molar-refractivity contribution >= 4 is 16.7 Å². The van der Waals surface area contributed by atoms with Crippen LogP contribution in [-0.4, -0.2) is 17.4 Å². The molecule has 2 aromatic carbocycles. The molecule has 162 valence electrons. The highest BCUT2D eigenvalue weighted by Crippen LogP contribution is 2.22. The monoisotopic (exact) mass is 426 g/mol. The molecule has 1 aromatic heterocycles. The average molecular weight is 427 g/mol. The van der Waals surface area contributed by atoms with Crippen molar-refractivity contribution in [2.45, 2.75) is 13.0 Å². The van der Waals surface area contributed by atoms with E-state index in [4.69, 9.17) is 21.1 Å². The summed E-state index contributed by atoms with van der Waals surface area (Å²) in [4.78, 5) is 4.65. The molecule has 32 heavy (non-hydrogen) atoms. The topological polar surface area (TPSA) is 95.8 Å². The normalized spacial score (nSPS) is 15.9. The van der Waals surface area contributed by atoms with Crippen LogP contribution >= 0.6 is 0 Å². The second-order valence-corrected chi connectivity index (χ2v) is 7.52. The van der Waals surface area contributed by atoms with E-state index >= 15 is 0 Å². The van der Waals surface area contributed by atoms with Gasteiger partial charge in [-0.05, 0) is 29.8 Å². The lowest BCUT2D eigenvalue weighted by molar-refractivity contribution is 0.284. The molecule has 1 unspecified atom stereocenters. The van der Waals surface area contributed by atoms with Gasteiger partial charge in [0.2, 0.25) is 0 Å². The van der Waals surface area contributed by atoms with Gasteiger partial charge in [-0.3, -0.25) is 0 Å². The highest BCUT2D eigenvalue weighted by atomic mass is 16.5. The van der Waals surface area contributed by atoms with Crippen molar-refractivity contribution in [1.82, 2.24) is 4.98 Å². The summed E-state index contributed by atoms with van der Waals surface area (Å²) in [6, 6.07) is 19.8. The quantitative estimate of drug-likeness (QED) is 0.240. The minimum absolute atomic E-state index is 0.145. The minimum Gasteiger partial charge on any atom is -0.493 e. The van der Waals surface area contributed by atoms with Crippen molar-refractivity contribution in [3.05, 3.63) is 102 Å². The molecule has 1 atom stereocenters. The van der Waals surface area contributed by atoms with Gasteiger partial charge in [0.15, 0.2) is 0 Å². The number of nitrogens with zero attached hydrogens (tertiary/aromatic N) is 2. The summed E-state index contributed by atoms with van der Waals surface area (Å²) < 4.78 is 11.9. The Kier molecular flexibility index (Phi) is 6.82. The molecular weight excluding hydrogens is 400 g/mol. The number of hydrogen-bond donors (Lipinski definition) is 2. The molecule has 0 spiro atoms. The second kappa shape index (κ2) is 10.3. The van der Waals surface area contributed by atoms with Crippen molar-refractivity contribution in [2.75, 3.05) is 6.61 Å². The molecule has 4 N–H and O–H groups in total. The summed E-state index contributed by atoms with van der Waals surface area (Å²) in [5, 5.41) is 4.64. The molecule has 1 heterocycles. The van der Waals surface area contributed by atoms with E-state index in [2.05, 4.69) is 28.3 Å². The smallest absolute Gasteiger partial charge is 0.130 e. The molecule has 0 saturated heterocycles. The maximum absolute atomic E-state index is 6.00. The van der Waals surface area contributed by atoms with Gasteiger partial charge in [-0.25, -0.2) is 4.98 Å². The van der Waals surface area contributed by atoms with Gasteiger partial charge in [-0.1, -0.05) is 60.7 Å². The van der Waals surface area contributed by atoms with E-state index in [0.29, 0.717) is 25.5 Å². The van der Waals surface area contributed by atoms with Crippen LogP contribution in [0.2, 0.25) is 0 Å². The standard InChI is InChI=1S/C26H26N4O2/c27-26(30-28)15-19-5-3-6-20(12-11-19)17-31-23-8-4-9-24(16-23)32-18-22-14-13-21-7-1-2-10-25(21)29-22/h1-14,16,20H,15,17-18,28H2,(H2,27,30). The van der Waals surface area contributed by atoms with Crippen molar-refractivity contribution in [2.24, 2.45) is 22.6 Å². The molecule has 6 heteroatoms. The lowest BCUT2D eigenvalue weighted by atomic mass is 10.1. The zero-order chi connectivity index (χ0) is 22.2. The van der Waals surface area contributed by atoms with Crippen LogP contribution in [0.15, 0.2) is 102 Å². The number of aromatic nitrogens is 1. The number of allylic oxidation sites excluding steroid dienone is 3. The van der Waals surface area contributed by atoms with E-state index in [1.807, 2.05) is 72.8 Å². The zero-order valence-corrected chi connectivity index (χ0v) is 17.7.